The van der Waals surface area contributed by atoms with E-state index < -0.39 is 0 Å². The molecule has 3 aliphatic rings. The van der Waals surface area contributed by atoms with Crippen LogP contribution in [0.15, 0.2) is 30.5 Å². The molecule has 4 heterocycles. The van der Waals surface area contributed by atoms with E-state index in [0.29, 0.717) is 12.6 Å². The molecule has 0 bridgehead atoms. The third-order valence-electron chi connectivity index (χ3n) is 7.46. The summed E-state index contributed by atoms with van der Waals surface area (Å²) in [5.74, 6) is -0.170. The summed E-state index contributed by atoms with van der Waals surface area (Å²) in [6, 6.07) is 8.64. The molecule has 3 atom stereocenters. The van der Waals surface area contributed by atoms with Crippen LogP contribution in [0.4, 0.5) is 0 Å². The van der Waals surface area contributed by atoms with Crippen molar-refractivity contribution in [1.29, 1.82) is 0 Å². The van der Waals surface area contributed by atoms with Crippen molar-refractivity contribution in [2.75, 3.05) is 19.6 Å². The van der Waals surface area contributed by atoms with Gasteiger partial charge < -0.3 is 5.32 Å². The molecule has 2 saturated heterocycles. The maximum atomic E-state index is 12.5. The third-order valence-corrected chi connectivity index (χ3v) is 8.82. The normalized spacial score (nSPS) is 24.1. The van der Waals surface area contributed by atoms with Gasteiger partial charge in [-0.2, -0.15) is 13.5 Å². The predicted octanol–water partition coefficient (Wildman–Crippen LogP) is 4.34. The van der Waals surface area contributed by atoms with Gasteiger partial charge in [0.15, 0.2) is 0 Å². The van der Waals surface area contributed by atoms with E-state index in [1.807, 2.05) is 18.3 Å². The van der Waals surface area contributed by atoms with Crippen molar-refractivity contribution in [2.24, 2.45) is 11.8 Å². The number of amides is 2. The molecule has 6 nitrogen and oxygen atoms in total. The Labute approximate surface area is 221 Å². The number of imide groups is 1. The van der Waals surface area contributed by atoms with Crippen LogP contribution in [0.1, 0.15) is 29.3 Å². The average molecular weight is 529 g/mol. The van der Waals surface area contributed by atoms with Crippen LogP contribution in [0.3, 0.4) is 0 Å². The molecule has 2 aliphatic heterocycles. The van der Waals surface area contributed by atoms with Crippen LogP contribution >= 0.6 is 36.4 Å². The van der Waals surface area contributed by atoms with Crippen molar-refractivity contribution in [3.05, 3.63) is 51.5 Å². The van der Waals surface area contributed by atoms with Gasteiger partial charge in [0.05, 0.1) is 28.6 Å². The number of hydrogen-bond donors (Lipinski definition) is 1. The fourth-order valence-corrected chi connectivity index (χ4v) is 6.79. The van der Waals surface area contributed by atoms with Gasteiger partial charge in [-0.1, -0.05) is 11.6 Å². The minimum atomic E-state index is -0.0695. The SMILES string of the molecule is Cc1cc(Cl)cc(-c2ccnc3cc(CN4C(=O)C5CC5C4=O)sc23)c1CN1CCNCC1C.S. The molecule has 3 aromatic rings. The zero-order valence-corrected chi connectivity index (χ0v) is 22.4. The number of likely N-dealkylation sites (tertiary alicyclic amines) is 1. The lowest BCUT2D eigenvalue weighted by Gasteiger charge is -2.35. The Balaban J connectivity index is 0.00000253. The number of fused-ring (bicyclic) bond motifs is 2. The molecule has 0 spiro atoms. The lowest BCUT2D eigenvalue weighted by molar-refractivity contribution is -0.141. The van der Waals surface area contributed by atoms with Gasteiger partial charge in [0, 0.05) is 53.9 Å². The number of nitrogens with zero attached hydrogens (tertiary/aromatic N) is 3. The zero-order chi connectivity index (χ0) is 23.6. The highest BCUT2D eigenvalue weighted by molar-refractivity contribution is 7.59. The van der Waals surface area contributed by atoms with Gasteiger partial charge in [-0.3, -0.25) is 24.4 Å². The molecule has 1 saturated carbocycles. The van der Waals surface area contributed by atoms with Crippen molar-refractivity contribution in [3.63, 3.8) is 0 Å². The second-order valence-electron chi connectivity index (χ2n) is 9.77. The molecule has 184 valence electrons. The number of carbonyl (C=O) groups excluding carboxylic acids is 2. The molecule has 1 aliphatic carbocycles. The van der Waals surface area contributed by atoms with Crippen LogP contribution in [0.2, 0.25) is 5.02 Å². The molecular weight excluding hydrogens is 500 g/mol. The molecule has 9 heteroatoms. The molecule has 6 rings (SSSR count). The quantitative estimate of drug-likeness (QED) is 0.499. The van der Waals surface area contributed by atoms with Crippen molar-refractivity contribution in [1.82, 2.24) is 20.1 Å². The van der Waals surface area contributed by atoms with Crippen molar-refractivity contribution >= 4 is 58.5 Å². The van der Waals surface area contributed by atoms with Gasteiger partial charge in [-0.25, -0.2) is 0 Å². The largest absolute Gasteiger partial charge is 0.314 e. The number of benzene rings is 1. The minimum absolute atomic E-state index is 0. The molecule has 2 aromatic heterocycles. The summed E-state index contributed by atoms with van der Waals surface area (Å²) >= 11 is 8.16. The Kier molecular flexibility index (Phi) is 6.70. The van der Waals surface area contributed by atoms with Crippen LogP contribution in [0, 0.1) is 18.8 Å². The van der Waals surface area contributed by atoms with Crippen LogP contribution < -0.4 is 5.32 Å². The molecule has 3 unspecified atom stereocenters. The summed E-state index contributed by atoms with van der Waals surface area (Å²) in [7, 11) is 0. The first-order chi connectivity index (χ1) is 16.4. The van der Waals surface area contributed by atoms with Crippen molar-refractivity contribution < 1.29 is 9.59 Å². The van der Waals surface area contributed by atoms with Gasteiger partial charge in [0.1, 0.15) is 0 Å². The Morgan fingerprint density at radius 2 is 1.91 bits per heavy atom. The molecule has 0 radical (unpaired) electrons. The van der Waals surface area contributed by atoms with Gasteiger partial charge in [-0.05, 0) is 61.2 Å². The zero-order valence-electron chi connectivity index (χ0n) is 19.8. The number of carbonyl (C=O) groups is 2. The number of pyridine rings is 1. The highest BCUT2D eigenvalue weighted by Gasteiger charge is 2.58. The lowest BCUT2D eigenvalue weighted by atomic mass is 9.95. The highest BCUT2D eigenvalue weighted by atomic mass is 35.5. The summed E-state index contributed by atoms with van der Waals surface area (Å²) < 4.78 is 1.07. The third kappa shape index (κ3) is 4.40. The second kappa shape index (κ2) is 9.48. The first-order valence-electron chi connectivity index (χ1n) is 11.9. The Bertz CT molecular complexity index is 1310. The van der Waals surface area contributed by atoms with E-state index in [2.05, 4.69) is 41.2 Å². The van der Waals surface area contributed by atoms with E-state index in [1.165, 1.54) is 16.0 Å². The first-order valence-corrected chi connectivity index (χ1v) is 13.1. The van der Waals surface area contributed by atoms with Gasteiger partial charge >= 0.3 is 0 Å². The molecule has 1 N–H and O–H groups in total. The maximum Gasteiger partial charge on any atom is 0.233 e. The Morgan fingerprint density at radius 3 is 2.66 bits per heavy atom. The summed E-state index contributed by atoms with van der Waals surface area (Å²) in [5.41, 5.74) is 5.59. The number of piperidine rings is 1. The van der Waals surface area contributed by atoms with Crippen LogP contribution in [0.5, 0.6) is 0 Å². The molecule has 3 fully saturated rings. The number of rotatable bonds is 5. The average Bonchev–Trinajstić information content (AvgIpc) is 3.45. The van der Waals surface area contributed by atoms with Gasteiger partial charge in [-0.15, -0.1) is 11.3 Å². The van der Waals surface area contributed by atoms with Crippen molar-refractivity contribution in [3.8, 4) is 11.1 Å². The molecule has 1 aromatic carbocycles. The molecular formula is C26H29ClN4O2S2. The first kappa shape index (κ1) is 24.7. The summed E-state index contributed by atoms with van der Waals surface area (Å²) in [6.45, 7) is 8.59. The molecule has 35 heavy (non-hydrogen) atoms. The summed E-state index contributed by atoms with van der Waals surface area (Å²) in [4.78, 5) is 34.5. The molecule has 2 amide bonds. The summed E-state index contributed by atoms with van der Waals surface area (Å²) in [6.07, 6.45) is 2.57. The fraction of sp³-hybridized carbons (Fsp3) is 0.423. The number of aryl methyl sites for hydroxylation is 1. The predicted molar refractivity (Wildman–Crippen MR) is 145 cm³/mol. The smallest absolute Gasteiger partial charge is 0.233 e. The van der Waals surface area contributed by atoms with Crippen LogP contribution in [0.25, 0.3) is 21.3 Å². The van der Waals surface area contributed by atoms with E-state index in [1.54, 1.807) is 11.3 Å². The van der Waals surface area contributed by atoms with E-state index >= 15 is 0 Å². The number of thiophene rings is 1. The van der Waals surface area contributed by atoms with Gasteiger partial charge in [0.25, 0.3) is 0 Å². The topological polar surface area (TPSA) is 65.5 Å². The second-order valence-corrected chi connectivity index (χ2v) is 11.3. The number of piperazine rings is 1. The monoisotopic (exact) mass is 528 g/mol. The summed E-state index contributed by atoms with van der Waals surface area (Å²) in [5, 5.41) is 4.19. The van der Waals surface area contributed by atoms with Crippen LogP contribution in [-0.4, -0.2) is 52.3 Å². The van der Waals surface area contributed by atoms with E-state index in [0.717, 1.165) is 63.8 Å². The fourth-order valence-electron chi connectivity index (χ4n) is 5.38. The number of aromatic nitrogens is 1. The van der Waals surface area contributed by atoms with E-state index in [-0.39, 0.29) is 37.1 Å². The minimum Gasteiger partial charge on any atom is -0.314 e. The van der Waals surface area contributed by atoms with Gasteiger partial charge in [0.2, 0.25) is 11.8 Å². The number of nitrogens with one attached hydrogen (secondary N) is 1. The maximum absolute atomic E-state index is 12.5. The van der Waals surface area contributed by atoms with E-state index in [9.17, 15) is 9.59 Å². The Morgan fingerprint density at radius 1 is 1.14 bits per heavy atom. The number of hydrogen-bond acceptors (Lipinski definition) is 6. The Hall–Kier alpha value is -1.97. The standard InChI is InChI=1S/C26H27ClN4O2S.H2S/c1-14-7-16(27)8-19(22(14)13-30-6-5-28-11-15(30)2)18-3-4-29-23-9-17(34-24(18)23)12-31-25(32)20-10-21(20)26(31)33;/h3-4,7-9,15,20-21,28H,5-6,10-13H2,1-2H3;1H2. The number of halogens is 1. The van der Waals surface area contributed by atoms with E-state index in [4.69, 9.17) is 11.6 Å². The van der Waals surface area contributed by atoms with Crippen molar-refractivity contribution in [2.45, 2.75) is 39.4 Å². The highest BCUT2D eigenvalue weighted by Crippen LogP contribution is 2.48. The van der Waals surface area contributed by atoms with Crippen LogP contribution in [-0.2, 0) is 22.7 Å². The lowest BCUT2D eigenvalue weighted by Crippen LogP contribution is -2.49.